The molecule has 2 aliphatic rings. The van der Waals surface area contributed by atoms with E-state index in [0.29, 0.717) is 5.02 Å². The maximum absolute atomic E-state index is 6.07. The second-order valence-electron chi connectivity index (χ2n) is 4.18. The van der Waals surface area contributed by atoms with Crippen LogP contribution < -0.4 is 4.74 Å². The number of halogens is 1. The largest absolute Gasteiger partial charge is 0.463 e. The summed E-state index contributed by atoms with van der Waals surface area (Å²) in [5.74, 6) is 0.794. The van der Waals surface area contributed by atoms with E-state index in [2.05, 4.69) is 23.2 Å². The van der Waals surface area contributed by atoms with Crippen LogP contribution in [0.2, 0.25) is 5.02 Å². The monoisotopic (exact) mass is 257 g/mol. The van der Waals surface area contributed by atoms with E-state index in [4.69, 9.17) is 16.3 Å². The van der Waals surface area contributed by atoms with Crippen molar-refractivity contribution in [3.63, 3.8) is 0 Å². The van der Waals surface area contributed by atoms with Crippen molar-refractivity contribution in [2.24, 2.45) is 4.99 Å². The van der Waals surface area contributed by atoms with Crippen LogP contribution in [0.3, 0.4) is 0 Å². The molecule has 0 bridgehead atoms. The Balaban J connectivity index is 2.12. The molecule has 90 valence electrons. The third kappa shape index (κ3) is 2.12. The Morgan fingerprint density at radius 3 is 3.06 bits per heavy atom. The lowest BCUT2D eigenvalue weighted by Crippen LogP contribution is -2.07. The van der Waals surface area contributed by atoms with Gasteiger partial charge in [0.25, 0.3) is 0 Å². The van der Waals surface area contributed by atoms with Gasteiger partial charge in [-0.15, -0.1) is 0 Å². The third-order valence-corrected chi connectivity index (χ3v) is 3.21. The third-order valence-electron chi connectivity index (χ3n) is 2.97. The summed E-state index contributed by atoms with van der Waals surface area (Å²) in [6, 6.07) is 5.61. The first-order valence-corrected chi connectivity index (χ1v) is 6.28. The van der Waals surface area contributed by atoms with Crippen LogP contribution in [-0.4, -0.2) is 5.71 Å². The van der Waals surface area contributed by atoms with Crippen molar-refractivity contribution < 1.29 is 4.74 Å². The molecule has 2 nitrogen and oxygen atoms in total. The van der Waals surface area contributed by atoms with Crippen molar-refractivity contribution in [1.82, 2.24) is 0 Å². The van der Waals surface area contributed by atoms with Gasteiger partial charge in [-0.3, -0.25) is 4.99 Å². The molecule has 0 atom stereocenters. The zero-order chi connectivity index (χ0) is 12.4. The predicted molar refractivity (Wildman–Crippen MR) is 74.2 cm³/mol. The maximum atomic E-state index is 6.07. The summed E-state index contributed by atoms with van der Waals surface area (Å²) in [5.41, 5.74) is 3.12. The van der Waals surface area contributed by atoms with Gasteiger partial charge >= 0.3 is 0 Å². The molecule has 0 amide bonds. The lowest BCUT2D eigenvalue weighted by Gasteiger charge is -2.13. The standard InChI is InChI=1S/C15H12ClNO/c16-12-6-7-14-13(10-12)15(17-8-9-18-14)11-4-2-1-3-5-11/h1-2,4,6-10H,3,5H2. The first-order chi connectivity index (χ1) is 8.84. The van der Waals surface area contributed by atoms with E-state index in [9.17, 15) is 0 Å². The summed E-state index contributed by atoms with van der Waals surface area (Å²) in [6.45, 7) is 0. The molecule has 0 radical (unpaired) electrons. The van der Waals surface area contributed by atoms with Crippen molar-refractivity contribution in [2.75, 3.05) is 0 Å². The fraction of sp³-hybridized carbons (Fsp3) is 0.133. The lowest BCUT2D eigenvalue weighted by atomic mass is 9.95. The smallest absolute Gasteiger partial charge is 0.136 e. The molecule has 18 heavy (non-hydrogen) atoms. The zero-order valence-corrected chi connectivity index (χ0v) is 10.5. The minimum Gasteiger partial charge on any atom is -0.463 e. The number of rotatable bonds is 1. The zero-order valence-electron chi connectivity index (χ0n) is 9.77. The number of nitrogens with zero attached hydrogens (tertiary/aromatic N) is 1. The highest BCUT2D eigenvalue weighted by molar-refractivity contribution is 6.31. The van der Waals surface area contributed by atoms with Crippen LogP contribution in [0, 0.1) is 0 Å². The Bertz CT molecular complexity index is 597. The molecule has 1 aliphatic carbocycles. The van der Waals surface area contributed by atoms with Gasteiger partial charge < -0.3 is 4.74 Å². The van der Waals surface area contributed by atoms with Gasteiger partial charge in [-0.05, 0) is 36.6 Å². The molecule has 0 fully saturated rings. The second kappa shape index (κ2) is 4.83. The average Bonchev–Trinajstić information content (AvgIpc) is 2.61. The number of hydrogen-bond donors (Lipinski definition) is 0. The first-order valence-electron chi connectivity index (χ1n) is 5.90. The second-order valence-corrected chi connectivity index (χ2v) is 4.62. The van der Waals surface area contributed by atoms with E-state index < -0.39 is 0 Å². The molecule has 1 aromatic carbocycles. The molecule has 3 heteroatoms. The van der Waals surface area contributed by atoms with Gasteiger partial charge in [-0.2, -0.15) is 0 Å². The minimum atomic E-state index is 0.693. The summed E-state index contributed by atoms with van der Waals surface area (Å²) in [4.78, 5) is 4.48. The normalized spacial score (nSPS) is 17.4. The highest BCUT2D eigenvalue weighted by Gasteiger charge is 2.17. The average molecular weight is 258 g/mol. The molecule has 0 aromatic heterocycles. The van der Waals surface area contributed by atoms with E-state index in [0.717, 1.165) is 29.9 Å². The minimum absolute atomic E-state index is 0.693. The Hall–Kier alpha value is -1.80. The van der Waals surface area contributed by atoms with Crippen LogP contribution in [0.4, 0.5) is 0 Å². The van der Waals surface area contributed by atoms with Crippen LogP contribution in [-0.2, 0) is 0 Å². The van der Waals surface area contributed by atoms with Crippen molar-refractivity contribution in [3.8, 4) is 5.75 Å². The van der Waals surface area contributed by atoms with E-state index >= 15 is 0 Å². The molecule has 1 heterocycles. The highest BCUT2D eigenvalue weighted by atomic mass is 35.5. The van der Waals surface area contributed by atoms with Gasteiger partial charge in [0, 0.05) is 10.6 Å². The summed E-state index contributed by atoms with van der Waals surface area (Å²) >= 11 is 6.07. The van der Waals surface area contributed by atoms with Crippen LogP contribution >= 0.6 is 11.6 Å². The molecule has 0 saturated heterocycles. The Kier molecular flexibility index (Phi) is 3.03. The van der Waals surface area contributed by atoms with Gasteiger partial charge in [0.2, 0.25) is 0 Å². The van der Waals surface area contributed by atoms with Crippen molar-refractivity contribution in [2.45, 2.75) is 12.8 Å². The molecule has 0 unspecified atom stereocenters. The van der Waals surface area contributed by atoms with Gasteiger partial charge in [0.15, 0.2) is 0 Å². The lowest BCUT2D eigenvalue weighted by molar-refractivity contribution is 0.480. The number of aliphatic imine (C=N–C) groups is 1. The summed E-state index contributed by atoms with van der Waals surface area (Å²) in [5, 5.41) is 0.693. The van der Waals surface area contributed by atoms with E-state index in [-0.39, 0.29) is 0 Å². The fourth-order valence-corrected chi connectivity index (χ4v) is 2.30. The molecule has 0 N–H and O–H groups in total. The van der Waals surface area contributed by atoms with Crippen molar-refractivity contribution >= 4 is 17.3 Å². The van der Waals surface area contributed by atoms with E-state index in [1.165, 1.54) is 5.57 Å². The van der Waals surface area contributed by atoms with E-state index in [1.807, 2.05) is 18.2 Å². The Morgan fingerprint density at radius 1 is 1.28 bits per heavy atom. The number of benzene rings is 1. The van der Waals surface area contributed by atoms with Crippen LogP contribution in [0.15, 0.2) is 59.5 Å². The SMILES string of the molecule is Clc1ccc2c(c1)C(C1=CC=CCC1)=NC=CO2. The van der Waals surface area contributed by atoms with Gasteiger partial charge in [-0.25, -0.2) is 0 Å². The quantitative estimate of drug-likeness (QED) is 0.736. The van der Waals surface area contributed by atoms with Gasteiger partial charge in [-0.1, -0.05) is 29.8 Å². The number of fused-ring (bicyclic) bond motifs is 1. The molecule has 3 rings (SSSR count). The molecule has 0 spiro atoms. The summed E-state index contributed by atoms with van der Waals surface area (Å²) < 4.78 is 5.53. The van der Waals surface area contributed by atoms with Crippen LogP contribution in [0.1, 0.15) is 18.4 Å². The van der Waals surface area contributed by atoms with Crippen molar-refractivity contribution in [1.29, 1.82) is 0 Å². The molecular weight excluding hydrogens is 246 g/mol. The Morgan fingerprint density at radius 2 is 2.22 bits per heavy atom. The summed E-state index contributed by atoms with van der Waals surface area (Å²) in [7, 11) is 0. The highest BCUT2D eigenvalue weighted by Crippen LogP contribution is 2.29. The number of ether oxygens (including phenoxy) is 1. The van der Waals surface area contributed by atoms with E-state index in [1.54, 1.807) is 12.5 Å². The molecule has 1 aliphatic heterocycles. The maximum Gasteiger partial charge on any atom is 0.136 e. The van der Waals surface area contributed by atoms with Crippen LogP contribution in [0.25, 0.3) is 0 Å². The van der Waals surface area contributed by atoms with Crippen molar-refractivity contribution in [3.05, 3.63) is 65.0 Å². The molecular formula is C15H12ClNO. The Labute approximate surface area is 111 Å². The topological polar surface area (TPSA) is 21.6 Å². The number of allylic oxidation sites excluding steroid dienone is 4. The van der Waals surface area contributed by atoms with Gasteiger partial charge in [0.1, 0.15) is 12.0 Å². The first kappa shape index (κ1) is 11.3. The van der Waals surface area contributed by atoms with Gasteiger partial charge in [0.05, 0.1) is 11.9 Å². The summed E-state index contributed by atoms with van der Waals surface area (Å²) in [6.07, 6.45) is 11.7. The fourth-order valence-electron chi connectivity index (χ4n) is 2.12. The van der Waals surface area contributed by atoms with Crippen LogP contribution in [0.5, 0.6) is 5.75 Å². The predicted octanol–water partition coefficient (Wildman–Crippen LogP) is 4.27. The molecule has 0 saturated carbocycles. The number of hydrogen-bond acceptors (Lipinski definition) is 2. The molecule has 1 aromatic rings.